The summed E-state index contributed by atoms with van der Waals surface area (Å²) in [6, 6.07) is 11.5. The Morgan fingerprint density at radius 3 is 2.43 bits per heavy atom. The van der Waals surface area contributed by atoms with Crippen molar-refractivity contribution in [1.29, 1.82) is 0 Å². The summed E-state index contributed by atoms with van der Waals surface area (Å²) in [6.45, 7) is 0. The van der Waals surface area contributed by atoms with Crippen LogP contribution in [-0.4, -0.2) is 13.1 Å². The predicted molar refractivity (Wildman–Crippen MR) is 80.4 cm³/mol. The van der Waals surface area contributed by atoms with Crippen LogP contribution in [0.1, 0.15) is 18.0 Å². The van der Waals surface area contributed by atoms with E-state index < -0.39 is 11.9 Å². The van der Waals surface area contributed by atoms with E-state index in [0.29, 0.717) is 0 Å². The van der Waals surface area contributed by atoms with Gasteiger partial charge in [0.1, 0.15) is 5.82 Å². The van der Waals surface area contributed by atoms with E-state index in [2.05, 4.69) is 4.74 Å². The van der Waals surface area contributed by atoms with Gasteiger partial charge >= 0.3 is 5.97 Å². The maximum atomic E-state index is 13.1. The van der Waals surface area contributed by atoms with Crippen LogP contribution in [0.5, 0.6) is 0 Å². The van der Waals surface area contributed by atoms with Gasteiger partial charge in [-0.05, 0) is 28.8 Å². The third-order valence-electron chi connectivity index (χ3n) is 3.21. The van der Waals surface area contributed by atoms with Crippen molar-refractivity contribution >= 4 is 17.6 Å². The highest BCUT2D eigenvalue weighted by atomic mass is 35.5. The summed E-state index contributed by atoms with van der Waals surface area (Å²) in [5.74, 6) is -0.797. The first-order chi connectivity index (χ1) is 10.0. The number of carbonyl (C=O) groups excluding carboxylic acids is 1. The molecule has 0 radical (unpaired) electrons. The van der Waals surface area contributed by atoms with E-state index in [4.69, 9.17) is 17.3 Å². The number of carbonyl (C=O) groups is 1. The van der Waals surface area contributed by atoms with E-state index in [1.54, 1.807) is 12.1 Å². The lowest BCUT2D eigenvalue weighted by Crippen LogP contribution is -2.16. The fourth-order valence-electron chi connectivity index (χ4n) is 1.98. The van der Waals surface area contributed by atoms with Crippen molar-refractivity contribution in [3.8, 4) is 11.1 Å². The molecule has 21 heavy (non-hydrogen) atoms. The van der Waals surface area contributed by atoms with E-state index in [1.165, 1.54) is 13.2 Å². The Hall–Kier alpha value is -1.91. The van der Waals surface area contributed by atoms with Crippen LogP contribution >= 0.6 is 11.6 Å². The van der Waals surface area contributed by atoms with E-state index in [-0.39, 0.29) is 17.4 Å². The van der Waals surface area contributed by atoms with Gasteiger partial charge in [-0.1, -0.05) is 41.9 Å². The molecule has 0 aromatic heterocycles. The molecule has 0 bridgehead atoms. The summed E-state index contributed by atoms with van der Waals surface area (Å²) in [5.41, 5.74) is 8.47. The maximum absolute atomic E-state index is 13.1. The largest absolute Gasteiger partial charge is 0.469 e. The summed E-state index contributed by atoms with van der Waals surface area (Å²) in [5, 5.41) is 0.0824. The van der Waals surface area contributed by atoms with Crippen LogP contribution in [-0.2, 0) is 9.53 Å². The minimum absolute atomic E-state index is 0.0824. The molecule has 5 heteroatoms. The standard InChI is InChI=1S/C16H15ClFNO2/c1-21-16(20)9-15(19)11-4-2-10(3-5-11)12-6-7-14(18)13(17)8-12/h2-8,15H,9,19H2,1H3. The van der Waals surface area contributed by atoms with Crippen molar-refractivity contribution < 1.29 is 13.9 Å². The summed E-state index contributed by atoms with van der Waals surface area (Å²) in [4.78, 5) is 11.2. The quantitative estimate of drug-likeness (QED) is 0.876. The first-order valence-electron chi connectivity index (χ1n) is 6.39. The van der Waals surface area contributed by atoms with Crippen LogP contribution in [0.4, 0.5) is 4.39 Å². The summed E-state index contributed by atoms with van der Waals surface area (Å²) in [7, 11) is 1.33. The van der Waals surface area contributed by atoms with Crippen LogP contribution in [0.3, 0.4) is 0 Å². The molecule has 0 saturated heterocycles. The number of hydrogen-bond donors (Lipinski definition) is 1. The Labute approximate surface area is 127 Å². The maximum Gasteiger partial charge on any atom is 0.307 e. The van der Waals surface area contributed by atoms with Gasteiger partial charge in [0, 0.05) is 6.04 Å². The highest BCUT2D eigenvalue weighted by Gasteiger charge is 2.12. The Balaban J connectivity index is 2.18. The van der Waals surface area contributed by atoms with E-state index >= 15 is 0 Å². The average molecular weight is 308 g/mol. The third-order valence-corrected chi connectivity index (χ3v) is 3.50. The van der Waals surface area contributed by atoms with Crippen molar-refractivity contribution in [3.63, 3.8) is 0 Å². The lowest BCUT2D eigenvalue weighted by Gasteiger charge is -2.11. The van der Waals surface area contributed by atoms with E-state index in [1.807, 2.05) is 24.3 Å². The van der Waals surface area contributed by atoms with Crippen molar-refractivity contribution in [2.45, 2.75) is 12.5 Å². The first kappa shape index (κ1) is 15.5. The molecule has 110 valence electrons. The van der Waals surface area contributed by atoms with Crippen LogP contribution in [0.2, 0.25) is 5.02 Å². The van der Waals surface area contributed by atoms with Gasteiger partial charge < -0.3 is 10.5 Å². The number of nitrogens with two attached hydrogens (primary N) is 1. The van der Waals surface area contributed by atoms with Gasteiger partial charge in [0.15, 0.2) is 0 Å². The van der Waals surface area contributed by atoms with Crippen molar-refractivity contribution in [2.75, 3.05) is 7.11 Å². The smallest absolute Gasteiger partial charge is 0.307 e. The minimum Gasteiger partial charge on any atom is -0.469 e. The first-order valence-corrected chi connectivity index (χ1v) is 6.77. The Morgan fingerprint density at radius 2 is 1.86 bits per heavy atom. The molecular weight excluding hydrogens is 293 g/mol. The highest BCUT2D eigenvalue weighted by molar-refractivity contribution is 6.31. The lowest BCUT2D eigenvalue weighted by molar-refractivity contribution is -0.141. The van der Waals surface area contributed by atoms with Gasteiger partial charge in [0.05, 0.1) is 18.6 Å². The SMILES string of the molecule is COC(=O)CC(N)c1ccc(-c2ccc(F)c(Cl)c2)cc1. The molecule has 0 aliphatic heterocycles. The number of rotatable bonds is 4. The predicted octanol–water partition coefficient (Wildman–Crippen LogP) is 3.71. The molecule has 2 rings (SSSR count). The zero-order valence-corrected chi connectivity index (χ0v) is 12.2. The van der Waals surface area contributed by atoms with E-state index in [9.17, 15) is 9.18 Å². The van der Waals surface area contributed by atoms with Crippen molar-refractivity contribution in [3.05, 3.63) is 58.9 Å². The number of halogens is 2. The number of hydrogen-bond acceptors (Lipinski definition) is 3. The molecule has 2 aromatic rings. The van der Waals surface area contributed by atoms with Gasteiger partial charge in [-0.15, -0.1) is 0 Å². The van der Waals surface area contributed by atoms with Crippen molar-refractivity contribution in [2.24, 2.45) is 5.73 Å². The van der Waals surface area contributed by atoms with Gasteiger partial charge in [0.2, 0.25) is 0 Å². The second-order valence-corrected chi connectivity index (χ2v) is 5.04. The van der Waals surface area contributed by atoms with E-state index in [0.717, 1.165) is 16.7 Å². The minimum atomic E-state index is -0.447. The zero-order valence-electron chi connectivity index (χ0n) is 11.5. The van der Waals surface area contributed by atoms with Gasteiger partial charge in [-0.2, -0.15) is 0 Å². The van der Waals surface area contributed by atoms with Crippen LogP contribution < -0.4 is 5.73 Å². The Morgan fingerprint density at radius 1 is 1.24 bits per heavy atom. The molecule has 0 amide bonds. The average Bonchev–Trinajstić information content (AvgIpc) is 2.50. The third kappa shape index (κ3) is 3.80. The molecule has 0 saturated carbocycles. The highest BCUT2D eigenvalue weighted by Crippen LogP contribution is 2.26. The Kier molecular flexibility index (Phi) is 4.94. The van der Waals surface area contributed by atoms with Gasteiger partial charge in [-0.25, -0.2) is 4.39 Å². The zero-order chi connectivity index (χ0) is 15.4. The number of ether oxygens (including phenoxy) is 1. The molecule has 0 aliphatic rings. The second kappa shape index (κ2) is 6.70. The Bertz CT molecular complexity index is 643. The number of esters is 1. The summed E-state index contributed by atoms with van der Waals surface area (Å²) in [6.07, 6.45) is 0.123. The topological polar surface area (TPSA) is 52.3 Å². The fourth-order valence-corrected chi connectivity index (χ4v) is 2.16. The normalized spacial score (nSPS) is 12.0. The summed E-state index contributed by atoms with van der Waals surface area (Å²) >= 11 is 5.77. The van der Waals surface area contributed by atoms with Crippen LogP contribution in [0.25, 0.3) is 11.1 Å². The lowest BCUT2D eigenvalue weighted by atomic mass is 9.99. The fraction of sp³-hybridized carbons (Fsp3) is 0.188. The molecule has 0 aliphatic carbocycles. The molecule has 2 aromatic carbocycles. The molecule has 0 spiro atoms. The second-order valence-electron chi connectivity index (χ2n) is 4.64. The molecule has 1 unspecified atom stereocenters. The molecule has 3 nitrogen and oxygen atoms in total. The van der Waals surface area contributed by atoms with Crippen molar-refractivity contribution in [1.82, 2.24) is 0 Å². The summed E-state index contributed by atoms with van der Waals surface area (Å²) < 4.78 is 17.7. The van der Waals surface area contributed by atoms with Crippen LogP contribution in [0, 0.1) is 5.82 Å². The number of benzene rings is 2. The molecule has 2 N–H and O–H groups in total. The van der Waals surface area contributed by atoms with Gasteiger partial charge in [0.25, 0.3) is 0 Å². The monoisotopic (exact) mass is 307 g/mol. The molecule has 1 atom stereocenters. The molecule has 0 fully saturated rings. The molecule has 0 heterocycles. The van der Waals surface area contributed by atoms with Crippen LogP contribution in [0.15, 0.2) is 42.5 Å². The number of methoxy groups -OCH3 is 1. The van der Waals surface area contributed by atoms with Gasteiger partial charge in [-0.3, -0.25) is 4.79 Å². The molecular formula is C16H15ClFNO2.